The lowest BCUT2D eigenvalue weighted by Gasteiger charge is -2.21. The van der Waals surface area contributed by atoms with Crippen molar-refractivity contribution in [1.82, 2.24) is 15.3 Å². The fourth-order valence-electron chi connectivity index (χ4n) is 1.34. The van der Waals surface area contributed by atoms with Crippen LogP contribution in [0.3, 0.4) is 0 Å². The van der Waals surface area contributed by atoms with Gasteiger partial charge in [-0.3, -0.25) is 0 Å². The highest BCUT2D eigenvalue weighted by molar-refractivity contribution is 5.27. The molecule has 15 heavy (non-hydrogen) atoms. The van der Waals surface area contributed by atoms with Gasteiger partial charge in [-0.1, -0.05) is 13.8 Å². The van der Waals surface area contributed by atoms with Crippen molar-refractivity contribution in [3.63, 3.8) is 0 Å². The molecule has 1 aromatic heterocycles. The summed E-state index contributed by atoms with van der Waals surface area (Å²) in [5.74, 6) is 0.811. The molecule has 1 rings (SSSR count). The van der Waals surface area contributed by atoms with E-state index in [1.165, 1.54) is 0 Å². The molecule has 0 bridgehead atoms. The van der Waals surface area contributed by atoms with Crippen LogP contribution >= 0.6 is 0 Å². The largest absolute Gasteiger partial charge is 0.340 e. The van der Waals surface area contributed by atoms with Gasteiger partial charge in [0.1, 0.15) is 0 Å². The Hall–Kier alpha value is -1.16. The van der Waals surface area contributed by atoms with Gasteiger partial charge in [-0.25, -0.2) is 9.97 Å². The first-order valence-electron chi connectivity index (χ1n) is 5.49. The van der Waals surface area contributed by atoms with E-state index >= 15 is 0 Å². The molecule has 0 aromatic carbocycles. The van der Waals surface area contributed by atoms with Crippen LogP contribution in [-0.4, -0.2) is 35.6 Å². The van der Waals surface area contributed by atoms with E-state index in [4.69, 9.17) is 0 Å². The van der Waals surface area contributed by atoms with Gasteiger partial charge >= 0.3 is 0 Å². The SMILES string of the molecule is CCN(CCNC(C)C)c1ncccn1. The summed E-state index contributed by atoms with van der Waals surface area (Å²) in [4.78, 5) is 10.6. The number of nitrogens with one attached hydrogen (secondary N) is 1. The number of aromatic nitrogens is 2. The lowest BCUT2D eigenvalue weighted by molar-refractivity contribution is 0.580. The van der Waals surface area contributed by atoms with Gasteiger partial charge in [0.2, 0.25) is 5.95 Å². The summed E-state index contributed by atoms with van der Waals surface area (Å²) >= 11 is 0. The molecule has 1 aromatic rings. The second-order valence-electron chi connectivity index (χ2n) is 3.74. The second kappa shape index (κ2) is 6.35. The molecule has 1 heterocycles. The highest BCUT2D eigenvalue weighted by Crippen LogP contribution is 2.02. The van der Waals surface area contributed by atoms with Gasteiger partial charge in [-0.2, -0.15) is 0 Å². The van der Waals surface area contributed by atoms with Crippen molar-refractivity contribution in [1.29, 1.82) is 0 Å². The maximum atomic E-state index is 4.23. The fourth-order valence-corrected chi connectivity index (χ4v) is 1.34. The summed E-state index contributed by atoms with van der Waals surface area (Å²) in [6, 6.07) is 2.37. The van der Waals surface area contributed by atoms with E-state index in [9.17, 15) is 0 Å². The zero-order chi connectivity index (χ0) is 11.1. The lowest BCUT2D eigenvalue weighted by atomic mass is 10.4. The first-order chi connectivity index (χ1) is 7.24. The molecule has 0 atom stereocenters. The van der Waals surface area contributed by atoms with Crippen LogP contribution in [0.15, 0.2) is 18.5 Å². The summed E-state index contributed by atoms with van der Waals surface area (Å²) in [5.41, 5.74) is 0. The highest BCUT2D eigenvalue weighted by Gasteiger charge is 2.05. The Kier molecular flexibility index (Phi) is 5.04. The quantitative estimate of drug-likeness (QED) is 0.765. The molecule has 0 unspecified atom stereocenters. The van der Waals surface area contributed by atoms with Gasteiger partial charge in [-0.05, 0) is 13.0 Å². The van der Waals surface area contributed by atoms with E-state index in [2.05, 4.69) is 41.0 Å². The Labute approximate surface area is 91.7 Å². The molecule has 84 valence electrons. The molecule has 0 fully saturated rings. The monoisotopic (exact) mass is 208 g/mol. The average molecular weight is 208 g/mol. The van der Waals surface area contributed by atoms with Crippen LogP contribution in [0.4, 0.5) is 5.95 Å². The van der Waals surface area contributed by atoms with Gasteiger partial charge in [0, 0.05) is 38.1 Å². The van der Waals surface area contributed by atoms with E-state index in [-0.39, 0.29) is 0 Å². The third-order valence-electron chi connectivity index (χ3n) is 2.15. The zero-order valence-electron chi connectivity index (χ0n) is 9.77. The van der Waals surface area contributed by atoms with Crippen molar-refractivity contribution >= 4 is 5.95 Å². The molecule has 0 aliphatic heterocycles. The van der Waals surface area contributed by atoms with Crippen LogP contribution in [0, 0.1) is 0 Å². The second-order valence-corrected chi connectivity index (χ2v) is 3.74. The van der Waals surface area contributed by atoms with Crippen LogP contribution < -0.4 is 10.2 Å². The van der Waals surface area contributed by atoms with Gasteiger partial charge in [0.25, 0.3) is 0 Å². The van der Waals surface area contributed by atoms with Gasteiger partial charge in [-0.15, -0.1) is 0 Å². The average Bonchev–Trinajstić information content (AvgIpc) is 2.25. The third kappa shape index (κ3) is 4.25. The maximum Gasteiger partial charge on any atom is 0.225 e. The molecule has 0 aliphatic carbocycles. The first kappa shape index (κ1) is 11.9. The Balaban J connectivity index is 2.43. The lowest BCUT2D eigenvalue weighted by Crippen LogP contribution is -2.35. The summed E-state index contributed by atoms with van der Waals surface area (Å²) in [6.07, 6.45) is 3.56. The Morgan fingerprint density at radius 1 is 1.33 bits per heavy atom. The third-order valence-corrected chi connectivity index (χ3v) is 2.15. The van der Waals surface area contributed by atoms with Crippen molar-refractivity contribution in [2.75, 3.05) is 24.5 Å². The highest BCUT2D eigenvalue weighted by atomic mass is 15.2. The van der Waals surface area contributed by atoms with E-state index in [1.54, 1.807) is 12.4 Å². The van der Waals surface area contributed by atoms with E-state index in [0.29, 0.717) is 6.04 Å². The number of anilines is 1. The maximum absolute atomic E-state index is 4.23. The molecule has 0 spiro atoms. The summed E-state index contributed by atoms with van der Waals surface area (Å²) in [7, 11) is 0. The van der Waals surface area contributed by atoms with Gasteiger partial charge in [0.05, 0.1) is 0 Å². The van der Waals surface area contributed by atoms with Gasteiger partial charge in [0.15, 0.2) is 0 Å². The van der Waals surface area contributed by atoms with Crippen molar-refractivity contribution in [2.24, 2.45) is 0 Å². The molecule has 0 radical (unpaired) electrons. The van der Waals surface area contributed by atoms with Crippen LogP contribution in [-0.2, 0) is 0 Å². The van der Waals surface area contributed by atoms with E-state index in [0.717, 1.165) is 25.6 Å². The molecule has 1 N–H and O–H groups in total. The Bertz CT molecular complexity index is 261. The molecule has 0 amide bonds. The van der Waals surface area contributed by atoms with E-state index in [1.807, 2.05) is 6.07 Å². The number of hydrogen-bond donors (Lipinski definition) is 1. The van der Waals surface area contributed by atoms with Crippen molar-refractivity contribution in [3.8, 4) is 0 Å². The van der Waals surface area contributed by atoms with Crippen LogP contribution in [0.25, 0.3) is 0 Å². The Morgan fingerprint density at radius 3 is 2.53 bits per heavy atom. The number of likely N-dealkylation sites (N-methyl/N-ethyl adjacent to an activating group) is 1. The number of rotatable bonds is 6. The molecule has 0 aliphatic rings. The fraction of sp³-hybridized carbons (Fsp3) is 0.636. The minimum atomic E-state index is 0.528. The van der Waals surface area contributed by atoms with Crippen LogP contribution in [0.1, 0.15) is 20.8 Å². The van der Waals surface area contributed by atoms with E-state index < -0.39 is 0 Å². The van der Waals surface area contributed by atoms with Crippen LogP contribution in [0.5, 0.6) is 0 Å². The predicted octanol–water partition coefficient (Wildman–Crippen LogP) is 1.30. The minimum Gasteiger partial charge on any atom is -0.340 e. The van der Waals surface area contributed by atoms with Gasteiger partial charge < -0.3 is 10.2 Å². The standard InChI is InChI=1S/C11H20N4/c1-4-15(9-8-12-10(2)3)11-13-6-5-7-14-11/h5-7,10,12H,4,8-9H2,1-3H3. The minimum absolute atomic E-state index is 0.528. The topological polar surface area (TPSA) is 41.0 Å². The smallest absolute Gasteiger partial charge is 0.225 e. The van der Waals surface area contributed by atoms with Crippen molar-refractivity contribution in [3.05, 3.63) is 18.5 Å². The molecule has 0 saturated carbocycles. The van der Waals surface area contributed by atoms with Crippen molar-refractivity contribution < 1.29 is 0 Å². The summed E-state index contributed by atoms with van der Waals surface area (Å²) in [6.45, 7) is 9.25. The van der Waals surface area contributed by atoms with Crippen LogP contribution in [0.2, 0.25) is 0 Å². The molecular weight excluding hydrogens is 188 g/mol. The summed E-state index contributed by atoms with van der Waals surface area (Å²) < 4.78 is 0. The molecule has 0 saturated heterocycles. The molecule has 4 heteroatoms. The molecule has 4 nitrogen and oxygen atoms in total. The number of hydrogen-bond acceptors (Lipinski definition) is 4. The normalized spacial score (nSPS) is 10.7. The first-order valence-corrected chi connectivity index (χ1v) is 5.49. The summed E-state index contributed by atoms with van der Waals surface area (Å²) in [5, 5.41) is 3.38. The number of nitrogens with zero attached hydrogens (tertiary/aromatic N) is 3. The Morgan fingerprint density at radius 2 is 2.00 bits per heavy atom. The zero-order valence-corrected chi connectivity index (χ0v) is 9.77. The molecular formula is C11H20N4. The van der Waals surface area contributed by atoms with Crippen molar-refractivity contribution in [2.45, 2.75) is 26.8 Å². The predicted molar refractivity (Wildman–Crippen MR) is 63.1 cm³/mol.